The zero-order chi connectivity index (χ0) is 24.5. The van der Waals surface area contributed by atoms with E-state index in [1.54, 1.807) is 5.82 Å². The second kappa shape index (κ2) is 23.9. The zero-order valence-electron chi connectivity index (χ0n) is 23.9. The van der Waals surface area contributed by atoms with Gasteiger partial charge in [-0.15, -0.1) is 0 Å². The van der Waals surface area contributed by atoms with Gasteiger partial charge in [-0.2, -0.15) is 0 Å². The molecule has 0 saturated heterocycles. The first-order chi connectivity index (χ1) is 16.8. The first kappa shape index (κ1) is 31.2. The van der Waals surface area contributed by atoms with Crippen LogP contribution in [0.4, 0.5) is 0 Å². The number of aryl methyl sites for hydroxylation is 2. The molecule has 2 heteroatoms. The Morgan fingerprint density at radius 3 is 1.41 bits per heavy atom. The molecule has 0 aromatic carbocycles. The van der Waals surface area contributed by atoms with E-state index in [1.165, 1.54) is 167 Å². The van der Waals surface area contributed by atoms with Gasteiger partial charge >= 0.3 is 0 Å². The van der Waals surface area contributed by atoms with Crippen molar-refractivity contribution < 1.29 is 4.57 Å². The van der Waals surface area contributed by atoms with Gasteiger partial charge in [0.1, 0.15) is 12.4 Å². The predicted octanol–water partition coefficient (Wildman–Crippen LogP) is 10.4. The molecule has 2 nitrogen and oxygen atoms in total. The van der Waals surface area contributed by atoms with E-state index < -0.39 is 0 Å². The van der Waals surface area contributed by atoms with Crippen LogP contribution in [0.1, 0.15) is 174 Å². The van der Waals surface area contributed by atoms with Crippen LogP contribution in [0.2, 0.25) is 0 Å². The van der Waals surface area contributed by atoms with Crippen LogP contribution in [0, 0.1) is 0 Å². The highest BCUT2D eigenvalue weighted by Crippen LogP contribution is 2.13. The highest BCUT2D eigenvalue weighted by atomic mass is 15.1. The van der Waals surface area contributed by atoms with Gasteiger partial charge in [0.15, 0.2) is 0 Å². The van der Waals surface area contributed by atoms with Crippen molar-refractivity contribution in [1.29, 1.82) is 0 Å². The largest absolute Gasteiger partial charge is 0.256 e. The number of hydrogen-bond donors (Lipinski definition) is 0. The molecule has 1 heterocycles. The molecular formula is C32H63N2+. The van der Waals surface area contributed by atoms with E-state index in [0.29, 0.717) is 0 Å². The molecule has 0 fully saturated rings. The van der Waals surface area contributed by atoms with Crippen LogP contribution in [-0.4, -0.2) is 4.57 Å². The molecular weight excluding hydrogens is 412 g/mol. The van der Waals surface area contributed by atoms with E-state index in [2.05, 4.69) is 42.3 Å². The molecule has 0 aliphatic heterocycles. The molecule has 0 aliphatic carbocycles. The lowest BCUT2D eigenvalue weighted by molar-refractivity contribution is -0.704. The molecule has 1 rings (SSSR count). The average molecular weight is 476 g/mol. The highest BCUT2D eigenvalue weighted by molar-refractivity contribution is 4.84. The SMILES string of the molecule is CCCCCCCCCCCc1n(CCCCCCCCC)cc[n+]1CCCCCCCCC. The Bertz CT molecular complexity index is 498. The van der Waals surface area contributed by atoms with Gasteiger partial charge in [0.2, 0.25) is 0 Å². The summed E-state index contributed by atoms with van der Waals surface area (Å²) in [5.41, 5.74) is 0. The molecule has 0 radical (unpaired) electrons. The van der Waals surface area contributed by atoms with Gasteiger partial charge in [0.05, 0.1) is 13.1 Å². The minimum Gasteiger partial charge on any atom is -0.234 e. The number of unbranched alkanes of at least 4 members (excludes halogenated alkanes) is 20. The third-order valence-corrected chi connectivity index (χ3v) is 7.60. The highest BCUT2D eigenvalue weighted by Gasteiger charge is 2.16. The number of imidazole rings is 1. The van der Waals surface area contributed by atoms with Crippen LogP contribution in [0.3, 0.4) is 0 Å². The molecule has 1 aromatic heterocycles. The molecule has 0 amide bonds. The standard InChI is InChI=1S/C32H63N2/c1-4-7-10-13-16-17-18-21-24-27-32-33(28-25-22-19-14-11-8-5-2)30-31-34(32)29-26-23-20-15-12-9-6-3/h30-31H,4-29H2,1-3H3/q+1. The van der Waals surface area contributed by atoms with Gasteiger partial charge in [-0.05, 0) is 32.1 Å². The Morgan fingerprint density at radius 2 is 0.912 bits per heavy atom. The number of rotatable bonds is 26. The summed E-state index contributed by atoms with van der Waals surface area (Å²) in [6.07, 6.45) is 38.5. The Kier molecular flexibility index (Phi) is 22.0. The van der Waals surface area contributed by atoms with Gasteiger partial charge in [-0.1, -0.05) is 136 Å². The quantitative estimate of drug-likeness (QED) is 0.0930. The molecule has 200 valence electrons. The summed E-state index contributed by atoms with van der Waals surface area (Å²) in [5, 5.41) is 0. The molecule has 0 aliphatic rings. The maximum Gasteiger partial charge on any atom is 0.256 e. The van der Waals surface area contributed by atoms with Crippen LogP contribution < -0.4 is 4.57 Å². The van der Waals surface area contributed by atoms with E-state index in [9.17, 15) is 0 Å². The number of nitrogens with zero attached hydrogens (tertiary/aromatic N) is 2. The van der Waals surface area contributed by atoms with Crippen LogP contribution in [0.25, 0.3) is 0 Å². The summed E-state index contributed by atoms with van der Waals surface area (Å²) >= 11 is 0. The zero-order valence-corrected chi connectivity index (χ0v) is 23.9. The molecule has 0 bridgehead atoms. The summed E-state index contributed by atoms with van der Waals surface area (Å²) in [5.74, 6) is 1.61. The Labute approximate surface area is 215 Å². The van der Waals surface area contributed by atoms with Crippen molar-refractivity contribution in [3.05, 3.63) is 18.2 Å². The van der Waals surface area contributed by atoms with Crippen LogP contribution >= 0.6 is 0 Å². The maximum atomic E-state index is 2.61. The van der Waals surface area contributed by atoms with E-state index in [4.69, 9.17) is 0 Å². The van der Waals surface area contributed by atoms with E-state index >= 15 is 0 Å². The number of aromatic nitrogens is 2. The second-order valence-electron chi connectivity index (χ2n) is 10.9. The molecule has 0 unspecified atom stereocenters. The van der Waals surface area contributed by atoms with Gasteiger partial charge in [0, 0.05) is 6.42 Å². The summed E-state index contributed by atoms with van der Waals surface area (Å²) in [6.45, 7) is 9.38. The molecule has 0 spiro atoms. The average Bonchev–Trinajstić information content (AvgIpc) is 3.23. The normalized spacial score (nSPS) is 11.5. The summed E-state index contributed by atoms with van der Waals surface area (Å²) in [7, 11) is 0. The van der Waals surface area contributed by atoms with Crippen LogP contribution in [-0.2, 0) is 19.5 Å². The smallest absolute Gasteiger partial charge is 0.234 e. The van der Waals surface area contributed by atoms with Crippen molar-refractivity contribution in [2.45, 2.75) is 188 Å². The van der Waals surface area contributed by atoms with E-state index in [1.807, 2.05) is 0 Å². The third kappa shape index (κ3) is 16.8. The topological polar surface area (TPSA) is 8.81 Å². The Hall–Kier alpha value is -0.790. The van der Waals surface area contributed by atoms with Crippen LogP contribution in [0.5, 0.6) is 0 Å². The molecule has 0 N–H and O–H groups in total. The van der Waals surface area contributed by atoms with Gasteiger partial charge in [0.25, 0.3) is 5.82 Å². The molecule has 0 saturated carbocycles. The van der Waals surface area contributed by atoms with Gasteiger partial charge < -0.3 is 0 Å². The lowest BCUT2D eigenvalue weighted by Gasteiger charge is -2.07. The van der Waals surface area contributed by atoms with Crippen molar-refractivity contribution in [2.24, 2.45) is 0 Å². The van der Waals surface area contributed by atoms with Crippen molar-refractivity contribution in [2.75, 3.05) is 0 Å². The first-order valence-corrected chi connectivity index (χ1v) is 15.9. The van der Waals surface area contributed by atoms with Crippen molar-refractivity contribution in [3.8, 4) is 0 Å². The van der Waals surface area contributed by atoms with Gasteiger partial charge in [-0.3, -0.25) is 0 Å². The number of hydrogen-bond acceptors (Lipinski definition) is 0. The summed E-state index contributed by atoms with van der Waals surface area (Å²) in [6, 6.07) is 0. The third-order valence-electron chi connectivity index (χ3n) is 7.60. The van der Waals surface area contributed by atoms with Crippen LogP contribution in [0.15, 0.2) is 12.4 Å². The van der Waals surface area contributed by atoms with Gasteiger partial charge in [-0.25, -0.2) is 9.13 Å². The predicted molar refractivity (Wildman–Crippen MR) is 152 cm³/mol. The van der Waals surface area contributed by atoms with Crippen molar-refractivity contribution >= 4 is 0 Å². The molecule has 1 aromatic rings. The monoisotopic (exact) mass is 475 g/mol. The summed E-state index contributed by atoms with van der Waals surface area (Å²) in [4.78, 5) is 0. The maximum absolute atomic E-state index is 2.61. The minimum atomic E-state index is 1.23. The fourth-order valence-electron chi connectivity index (χ4n) is 5.26. The van der Waals surface area contributed by atoms with Crippen molar-refractivity contribution in [3.63, 3.8) is 0 Å². The van der Waals surface area contributed by atoms with E-state index in [0.717, 1.165) is 0 Å². The molecule has 34 heavy (non-hydrogen) atoms. The fraction of sp³-hybridized carbons (Fsp3) is 0.906. The molecule has 0 atom stereocenters. The minimum absolute atomic E-state index is 1.23. The first-order valence-electron chi connectivity index (χ1n) is 15.9. The Morgan fingerprint density at radius 1 is 0.500 bits per heavy atom. The lowest BCUT2D eigenvalue weighted by atomic mass is 10.1. The lowest BCUT2D eigenvalue weighted by Crippen LogP contribution is -2.37. The fourth-order valence-corrected chi connectivity index (χ4v) is 5.26. The second-order valence-corrected chi connectivity index (χ2v) is 10.9. The Balaban J connectivity index is 2.37. The van der Waals surface area contributed by atoms with E-state index in [-0.39, 0.29) is 0 Å². The van der Waals surface area contributed by atoms with Crippen molar-refractivity contribution in [1.82, 2.24) is 4.57 Å². The summed E-state index contributed by atoms with van der Waals surface area (Å²) < 4.78 is 5.22.